The number of carbonyl (C=O) groups is 1. The van der Waals surface area contributed by atoms with Crippen LogP contribution in [0.25, 0.3) is 0 Å². The lowest BCUT2D eigenvalue weighted by Gasteiger charge is -2.14. The van der Waals surface area contributed by atoms with E-state index in [1.54, 1.807) is 30.3 Å². The minimum absolute atomic E-state index is 0.111. The second-order valence-corrected chi connectivity index (χ2v) is 5.81. The summed E-state index contributed by atoms with van der Waals surface area (Å²) in [6.45, 7) is 10.2. The number of phenols is 1. The molecular weight excluding hydrogens is 332 g/mol. The molecule has 0 aliphatic rings. The molecule has 0 aromatic heterocycles. The topological polar surface area (TPSA) is 65.0 Å². The number of ether oxygens (including phenoxy) is 3. The molecule has 0 fully saturated rings. The van der Waals surface area contributed by atoms with Crippen LogP contribution < -0.4 is 9.47 Å². The van der Waals surface area contributed by atoms with Crippen LogP contribution in [0.15, 0.2) is 73.5 Å². The standard InChI is InChI=1S/C21H22O5/c1-4-16(3)24-13-15(2)14-25-19-9-5-17(6-10-19)21(23)26-20-11-7-18(22)8-12-20/h4-12,15,22H,1,3,13-14H2,2H3. The molecule has 26 heavy (non-hydrogen) atoms. The molecule has 2 aromatic carbocycles. The van der Waals surface area contributed by atoms with E-state index in [2.05, 4.69) is 13.2 Å². The summed E-state index contributed by atoms with van der Waals surface area (Å²) in [7, 11) is 0. The van der Waals surface area contributed by atoms with Crippen LogP contribution in [0, 0.1) is 5.92 Å². The molecule has 0 saturated heterocycles. The van der Waals surface area contributed by atoms with Gasteiger partial charge < -0.3 is 19.3 Å². The summed E-state index contributed by atoms with van der Waals surface area (Å²) >= 11 is 0. The molecule has 0 amide bonds. The highest BCUT2D eigenvalue weighted by Crippen LogP contribution is 2.19. The number of rotatable bonds is 9. The third-order valence-electron chi connectivity index (χ3n) is 3.45. The van der Waals surface area contributed by atoms with Crippen molar-refractivity contribution in [3.8, 4) is 17.2 Å². The minimum Gasteiger partial charge on any atom is -0.508 e. The highest BCUT2D eigenvalue weighted by Gasteiger charge is 2.10. The van der Waals surface area contributed by atoms with Gasteiger partial charge in [0.05, 0.1) is 18.8 Å². The molecule has 0 aliphatic carbocycles. The quantitative estimate of drug-likeness (QED) is 0.314. The van der Waals surface area contributed by atoms with Crippen LogP contribution in [0.4, 0.5) is 0 Å². The van der Waals surface area contributed by atoms with E-state index in [4.69, 9.17) is 14.2 Å². The largest absolute Gasteiger partial charge is 0.508 e. The average Bonchev–Trinajstić information content (AvgIpc) is 2.66. The molecular formula is C21H22O5. The van der Waals surface area contributed by atoms with Crippen molar-refractivity contribution in [1.82, 2.24) is 0 Å². The number of hydrogen-bond acceptors (Lipinski definition) is 5. The molecule has 1 unspecified atom stereocenters. The molecule has 0 heterocycles. The van der Waals surface area contributed by atoms with E-state index < -0.39 is 5.97 Å². The van der Waals surface area contributed by atoms with Gasteiger partial charge in [0, 0.05) is 5.92 Å². The zero-order valence-corrected chi connectivity index (χ0v) is 14.7. The maximum atomic E-state index is 12.1. The van der Waals surface area contributed by atoms with Crippen molar-refractivity contribution in [2.75, 3.05) is 13.2 Å². The minimum atomic E-state index is -0.480. The summed E-state index contributed by atoms with van der Waals surface area (Å²) in [4.78, 5) is 12.1. The van der Waals surface area contributed by atoms with Crippen molar-refractivity contribution in [3.05, 3.63) is 79.1 Å². The molecule has 0 spiro atoms. The maximum Gasteiger partial charge on any atom is 0.343 e. The third-order valence-corrected chi connectivity index (χ3v) is 3.45. The van der Waals surface area contributed by atoms with Gasteiger partial charge in [-0.2, -0.15) is 0 Å². The van der Waals surface area contributed by atoms with Gasteiger partial charge in [0.25, 0.3) is 0 Å². The van der Waals surface area contributed by atoms with Crippen molar-refractivity contribution in [2.45, 2.75) is 6.92 Å². The molecule has 2 aromatic rings. The van der Waals surface area contributed by atoms with E-state index in [0.29, 0.717) is 36.0 Å². The van der Waals surface area contributed by atoms with Crippen LogP contribution in [0.5, 0.6) is 17.2 Å². The fourth-order valence-electron chi connectivity index (χ4n) is 1.96. The second kappa shape index (κ2) is 9.32. The predicted molar refractivity (Wildman–Crippen MR) is 99.5 cm³/mol. The highest BCUT2D eigenvalue weighted by atomic mass is 16.5. The number of aromatic hydroxyl groups is 1. The number of phenolic OH excluding ortho intramolecular Hbond substituents is 1. The van der Waals surface area contributed by atoms with Crippen molar-refractivity contribution in [2.24, 2.45) is 5.92 Å². The maximum absolute atomic E-state index is 12.1. The van der Waals surface area contributed by atoms with Gasteiger partial charge in [0.1, 0.15) is 23.0 Å². The van der Waals surface area contributed by atoms with E-state index in [1.807, 2.05) is 6.92 Å². The number of benzene rings is 2. The second-order valence-electron chi connectivity index (χ2n) is 5.81. The predicted octanol–water partition coefficient (Wildman–Crippen LogP) is 4.34. The van der Waals surface area contributed by atoms with Gasteiger partial charge in [-0.05, 0) is 54.6 Å². The van der Waals surface area contributed by atoms with Crippen LogP contribution in [0.3, 0.4) is 0 Å². The Morgan fingerprint density at radius 1 is 1.08 bits per heavy atom. The molecule has 136 valence electrons. The molecule has 0 aliphatic heterocycles. The van der Waals surface area contributed by atoms with Gasteiger partial charge in [0.2, 0.25) is 0 Å². The summed E-state index contributed by atoms with van der Waals surface area (Å²) in [6.07, 6.45) is 1.56. The molecule has 0 saturated carbocycles. The van der Waals surface area contributed by atoms with E-state index >= 15 is 0 Å². The number of carbonyl (C=O) groups excluding carboxylic acids is 1. The molecule has 5 heteroatoms. The van der Waals surface area contributed by atoms with Gasteiger partial charge in [0.15, 0.2) is 0 Å². The Morgan fingerprint density at radius 3 is 2.31 bits per heavy atom. The summed E-state index contributed by atoms with van der Waals surface area (Å²) in [5, 5.41) is 9.23. The van der Waals surface area contributed by atoms with Gasteiger partial charge in [-0.15, -0.1) is 0 Å². The summed E-state index contributed by atoms with van der Waals surface area (Å²) in [5.41, 5.74) is 0.407. The Morgan fingerprint density at radius 2 is 1.69 bits per heavy atom. The van der Waals surface area contributed by atoms with E-state index in [1.165, 1.54) is 24.3 Å². The Balaban J connectivity index is 1.83. The average molecular weight is 354 g/mol. The lowest BCUT2D eigenvalue weighted by Crippen LogP contribution is -2.14. The Hall–Kier alpha value is -3.21. The third kappa shape index (κ3) is 6.02. The van der Waals surface area contributed by atoms with Crippen LogP contribution in [-0.2, 0) is 4.74 Å². The van der Waals surface area contributed by atoms with Crippen LogP contribution in [0.2, 0.25) is 0 Å². The van der Waals surface area contributed by atoms with Crippen LogP contribution >= 0.6 is 0 Å². The lowest BCUT2D eigenvalue weighted by molar-refractivity contribution is 0.0734. The first-order valence-electron chi connectivity index (χ1n) is 8.16. The first-order valence-corrected chi connectivity index (χ1v) is 8.16. The van der Waals surface area contributed by atoms with Crippen LogP contribution in [-0.4, -0.2) is 24.3 Å². The Labute approximate surface area is 153 Å². The van der Waals surface area contributed by atoms with Gasteiger partial charge in [-0.25, -0.2) is 4.79 Å². The van der Waals surface area contributed by atoms with Gasteiger partial charge in [-0.3, -0.25) is 0 Å². The first-order chi connectivity index (χ1) is 12.5. The summed E-state index contributed by atoms with van der Waals surface area (Å²) in [6, 6.07) is 12.7. The van der Waals surface area contributed by atoms with E-state index in [9.17, 15) is 9.90 Å². The van der Waals surface area contributed by atoms with E-state index in [0.717, 1.165) is 0 Å². The van der Waals surface area contributed by atoms with Crippen LogP contribution in [0.1, 0.15) is 17.3 Å². The van der Waals surface area contributed by atoms with Gasteiger partial charge >= 0.3 is 5.97 Å². The summed E-state index contributed by atoms with van der Waals surface area (Å²) < 4.78 is 16.3. The number of allylic oxidation sites excluding steroid dienone is 1. The monoisotopic (exact) mass is 354 g/mol. The zero-order valence-electron chi connectivity index (χ0n) is 14.7. The molecule has 5 nitrogen and oxygen atoms in total. The molecule has 0 radical (unpaired) electrons. The Kier molecular flexibility index (Phi) is 6.85. The Bertz CT molecular complexity index is 747. The molecule has 1 N–H and O–H groups in total. The van der Waals surface area contributed by atoms with Gasteiger partial charge in [-0.1, -0.05) is 20.1 Å². The number of esters is 1. The summed E-state index contributed by atoms with van der Waals surface area (Å²) in [5.74, 6) is 1.36. The highest BCUT2D eigenvalue weighted by molar-refractivity contribution is 5.91. The van der Waals surface area contributed by atoms with Crippen molar-refractivity contribution in [1.29, 1.82) is 0 Å². The van der Waals surface area contributed by atoms with Crippen molar-refractivity contribution in [3.63, 3.8) is 0 Å². The smallest absolute Gasteiger partial charge is 0.343 e. The SMILES string of the molecule is C=CC(=C)OCC(C)COc1ccc(C(=O)Oc2ccc(O)cc2)cc1. The molecule has 2 rings (SSSR count). The first kappa shape index (κ1) is 19.1. The lowest BCUT2D eigenvalue weighted by atomic mass is 10.2. The van der Waals surface area contributed by atoms with Crippen molar-refractivity contribution < 1.29 is 24.1 Å². The number of hydrogen-bond donors (Lipinski definition) is 1. The molecule has 1 atom stereocenters. The molecule has 0 bridgehead atoms. The fourth-order valence-corrected chi connectivity index (χ4v) is 1.96. The zero-order chi connectivity index (χ0) is 18.9. The van der Waals surface area contributed by atoms with E-state index in [-0.39, 0.29) is 11.7 Å². The fraction of sp³-hybridized carbons (Fsp3) is 0.190. The van der Waals surface area contributed by atoms with Crippen molar-refractivity contribution >= 4 is 5.97 Å². The normalized spacial score (nSPS) is 11.3.